The van der Waals surface area contributed by atoms with E-state index < -0.39 is 0 Å². The molecule has 0 aromatic heterocycles. The van der Waals surface area contributed by atoms with Crippen LogP contribution in [0, 0.1) is 5.92 Å². The molecule has 15 heavy (non-hydrogen) atoms. The third kappa shape index (κ3) is 5.95. The molecule has 1 unspecified atom stereocenters. The first-order chi connectivity index (χ1) is 7.33. The van der Waals surface area contributed by atoms with Crippen LogP contribution in [-0.2, 0) is 0 Å². The zero-order valence-corrected chi connectivity index (χ0v) is 10.2. The third-order valence-electron chi connectivity index (χ3n) is 3.27. The van der Waals surface area contributed by atoms with Crippen molar-refractivity contribution in [2.75, 3.05) is 33.2 Å². The molecular weight excluding hydrogens is 184 g/mol. The molecule has 1 aliphatic rings. The average molecular weight is 210 g/mol. The SMILES string of the molecule is C=CCCCN(C)CCC1CCCNC1. The van der Waals surface area contributed by atoms with Crippen molar-refractivity contribution in [2.24, 2.45) is 5.92 Å². The second-order valence-corrected chi connectivity index (χ2v) is 4.74. The predicted octanol–water partition coefficient (Wildman–Crippen LogP) is 2.27. The lowest BCUT2D eigenvalue weighted by atomic mass is 9.96. The van der Waals surface area contributed by atoms with Gasteiger partial charge in [-0.1, -0.05) is 6.08 Å². The molecule has 1 rings (SSSR count). The molecule has 1 aliphatic heterocycles. The zero-order valence-electron chi connectivity index (χ0n) is 10.2. The number of nitrogens with one attached hydrogen (secondary N) is 1. The van der Waals surface area contributed by atoms with E-state index in [-0.39, 0.29) is 0 Å². The van der Waals surface area contributed by atoms with Gasteiger partial charge < -0.3 is 10.2 Å². The van der Waals surface area contributed by atoms with Crippen LogP contribution in [0.15, 0.2) is 12.7 Å². The Kier molecular flexibility index (Phi) is 6.69. The molecule has 1 fully saturated rings. The van der Waals surface area contributed by atoms with Crippen LogP contribution in [0.4, 0.5) is 0 Å². The van der Waals surface area contributed by atoms with Crippen LogP contribution in [0.1, 0.15) is 32.1 Å². The van der Waals surface area contributed by atoms with Gasteiger partial charge in [-0.3, -0.25) is 0 Å². The van der Waals surface area contributed by atoms with Gasteiger partial charge in [0.2, 0.25) is 0 Å². The Bertz CT molecular complexity index is 162. The number of hydrogen-bond acceptors (Lipinski definition) is 2. The van der Waals surface area contributed by atoms with Gasteiger partial charge in [-0.05, 0) is 71.2 Å². The summed E-state index contributed by atoms with van der Waals surface area (Å²) in [5.74, 6) is 0.917. The first kappa shape index (κ1) is 12.7. The fourth-order valence-corrected chi connectivity index (χ4v) is 2.19. The molecule has 1 N–H and O–H groups in total. The summed E-state index contributed by atoms with van der Waals surface area (Å²) in [6.45, 7) is 8.68. The minimum Gasteiger partial charge on any atom is -0.316 e. The topological polar surface area (TPSA) is 15.3 Å². The van der Waals surface area contributed by atoms with Crippen molar-refractivity contribution in [3.8, 4) is 0 Å². The van der Waals surface area contributed by atoms with Gasteiger partial charge in [-0.2, -0.15) is 0 Å². The highest BCUT2D eigenvalue weighted by Crippen LogP contribution is 2.14. The van der Waals surface area contributed by atoms with Gasteiger partial charge in [0.05, 0.1) is 0 Å². The van der Waals surface area contributed by atoms with Crippen LogP contribution in [0.5, 0.6) is 0 Å². The molecule has 0 saturated carbocycles. The maximum Gasteiger partial charge on any atom is -0.00187 e. The van der Waals surface area contributed by atoms with Gasteiger partial charge in [-0.15, -0.1) is 6.58 Å². The van der Waals surface area contributed by atoms with Crippen LogP contribution in [0.25, 0.3) is 0 Å². The molecule has 1 atom stereocenters. The molecule has 0 bridgehead atoms. The first-order valence-electron chi connectivity index (χ1n) is 6.33. The monoisotopic (exact) mass is 210 g/mol. The number of hydrogen-bond donors (Lipinski definition) is 1. The summed E-state index contributed by atoms with van der Waals surface area (Å²) in [5, 5.41) is 3.48. The van der Waals surface area contributed by atoms with Crippen LogP contribution in [0.3, 0.4) is 0 Å². The summed E-state index contributed by atoms with van der Waals surface area (Å²) in [6, 6.07) is 0. The molecule has 0 aliphatic carbocycles. The molecule has 1 heterocycles. The summed E-state index contributed by atoms with van der Waals surface area (Å²) in [6.07, 6.45) is 8.56. The molecule has 2 nitrogen and oxygen atoms in total. The standard InChI is InChI=1S/C13H26N2/c1-3-4-5-10-15(2)11-8-13-7-6-9-14-12-13/h3,13-14H,1,4-12H2,2H3. The zero-order chi connectivity index (χ0) is 10.9. The van der Waals surface area contributed by atoms with E-state index >= 15 is 0 Å². The molecule has 88 valence electrons. The van der Waals surface area contributed by atoms with Crippen molar-refractivity contribution >= 4 is 0 Å². The molecular formula is C13H26N2. The molecule has 0 spiro atoms. The highest BCUT2D eigenvalue weighted by molar-refractivity contribution is 4.71. The summed E-state index contributed by atoms with van der Waals surface area (Å²) in [7, 11) is 2.24. The van der Waals surface area contributed by atoms with Crippen molar-refractivity contribution in [3.05, 3.63) is 12.7 Å². The Labute approximate surface area is 94.7 Å². The molecule has 0 radical (unpaired) electrons. The van der Waals surface area contributed by atoms with Crippen LogP contribution < -0.4 is 5.32 Å². The third-order valence-corrected chi connectivity index (χ3v) is 3.27. The fraction of sp³-hybridized carbons (Fsp3) is 0.846. The van der Waals surface area contributed by atoms with E-state index in [0.29, 0.717) is 0 Å². The lowest BCUT2D eigenvalue weighted by Crippen LogP contribution is -2.32. The largest absolute Gasteiger partial charge is 0.316 e. The van der Waals surface area contributed by atoms with Gasteiger partial charge in [-0.25, -0.2) is 0 Å². The van der Waals surface area contributed by atoms with Gasteiger partial charge in [0, 0.05) is 0 Å². The normalized spacial score (nSPS) is 21.9. The molecule has 2 heteroatoms. The lowest BCUT2D eigenvalue weighted by Gasteiger charge is -2.25. The van der Waals surface area contributed by atoms with E-state index in [4.69, 9.17) is 0 Å². The van der Waals surface area contributed by atoms with E-state index in [1.807, 2.05) is 6.08 Å². The van der Waals surface area contributed by atoms with Gasteiger partial charge >= 0.3 is 0 Å². The van der Waals surface area contributed by atoms with Crippen LogP contribution >= 0.6 is 0 Å². The molecule has 1 saturated heterocycles. The fourth-order valence-electron chi connectivity index (χ4n) is 2.19. The van der Waals surface area contributed by atoms with Crippen molar-refractivity contribution in [1.82, 2.24) is 10.2 Å². The first-order valence-corrected chi connectivity index (χ1v) is 6.33. The van der Waals surface area contributed by atoms with Crippen molar-refractivity contribution in [3.63, 3.8) is 0 Å². The molecule has 0 aromatic rings. The summed E-state index contributed by atoms with van der Waals surface area (Å²) < 4.78 is 0. The lowest BCUT2D eigenvalue weighted by molar-refractivity contribution is 0.272. The number of rotatable bonds is 7. The Hall–Kier alpha value is -0.340. The number of nitrogens with zero attached hydrogens (tertiary/aromatic N) is 1. The number of piperidine rings is 1. The molecule has 0 amide bonds. The molecule has 0 aromatic carbocycles. The van der Waals surface area contributed by atoms with Gasteiger partial charge in [0.1, 0.15) is 0 Å². The Balaban J connectivity index is 1.99. The quantitative estimate of drug-likeness (QED) is 0.512. The minimum atomic E-state index is 0.917. The Morgan fingerprint density at radius 1 is 1.47 bits per heavy atom. The highest BCUT2D eigenvalue weighted by Gasteiger charge is 2.12. The summed E-state index contributed by atoms with van der Waals surface area (Å²) >= 11 is 0. The minimum absolute atomic E-state index is 0.917. The van der Waals surface area contributed by atoms with Gasteiger partial charge in [0.25, 0.3) is 0 Å². The Morgan fingerprint density at radius 2 is 2.33 bits per heavy atom. The smallest absolute Gasteiger partial charge is 0.00187 e. The second kappa shape index (κ2) is 7.89. The number of unbranched alkanes of at least 4 members (excludes halogenated alkanes) is 1. The van der Waals surface area contributed by atoms with Gasteiger partial charge in [0.15, 0.2) is 0 Å². The van der Waals surface area contributed by atoms with Crippen molar-refractivity contribution in [2.45, 2.75) is 32.1 Å². The average Bonchev–Trinajstić information content (AvgIpc) is 2.28. The van der Waals surface area contributed by atoms with Crippen molar-refractivity contribution in [1.29, 1.82) is 0 Å². The summed E-state index contributed by atoms with van der Waals surface area (Å²) in [5.41, 5.74) is 0. The van der Waals surface area contributed by atoms with E-state index in [1.54, 1.807) is 0 Å². The van der Waals surface area contributed by atoms with Crippen molar-refractivity contribution < 1.29 is 0 Å². The second-order valence-electron chi connectivity index (χ2n) is 4.74. The Morgan fingerprint density at radius 3 is 3.00 bits per heavy atom. The van der Waals surface area contributed by atoms with E-state index in [1.165, 1.54) is 51.9 Å². The van der Waals surface area contributed by atoms with Crippen LogP contribution in [0.2, 0.25) is 0 Å². The van der Waals surface area contributed by atoms with E-state index in [0.717, 1.165) is 12.3 Å². The van der Waals surface area contributed by atoms with Crippen LogP contribution in [-0.4, -0.2) is 38.1 Å². The predicted molar refractivity (Wildman–Crippen MR) is 67.1 cm³/mol. The maximum absolute atomic E-state index is 3.75. The summed E-state index contributed by atoms with van der Waals surface area (Å²) in [4.78, 5) is 2.46. The highest BCUT2D eigenvalue weighted by atomic mass is 15.1. The number of allylic oxidation sites excluding steroid dienone is 1. The maximum atomic E-state index is 3.75. The van der Waals surface area contributed by atoms with E-state index in [9.17, 15) is 0 Å². The van der Waals surface area contributed by atoms with E-state index in [2.05, 4.69) is 23.8 Å².